The predicted octanol–water partition coefficient (Wildman–Crippen LogP) is 4.82. The van der Waals surface area contributed by atoms with Crippen molar-refractivity contribution < 1.29 is 19.0 Å². The summed E-state index contributed by atoms with van der Waals surface area (Å²) in [4.78, 5) is 19.7. The lowest BCUT2D eigenvalue weighted by atomic mass is 9.92. The lowest BCUT2D eigenvalue weighted by molar-refractivity contribution is -0.0889. The highest BCUT2D eigenvalue weighted by Crippen LogP contribution is 2.31. The number of aromatic nitrogens is 1. The van der Waals surface area contributed by atoms with Crippen LogP contribution in [0.3, 0.4) is 0 Å². The van der Waals surface area contributed by atoms with E-state index in [1.54, 1.807) is 12.3 Å². The van der Waals surface area contributed by atoms with Crippen LogP contribution < -0.4 is 15.0 Å². The molecule has 0 radical (unpaired) electrons. The van der Waals surface area contributed by atoms with Crippen LogP contribution in [0.5, 0.6) is 5.75 Å². The van der Waals surface area contributed by atoms with Crippen molar-refractivity contribution in [2.45, 2.75) is 57.0 Å². The molecule has 39 heavy (non-hydrogen) atoms. The van der Waals surface area contributed by atoms with Crippen molar-refractivity contribution in [1.29, 1.82) is 5.26 Å². The Morgan fingerprint density at radius 2 is 1.72 bits per heavy atom. The lowest BCUT2D eigenvalue weighted by Crippen LogP contribution is -2.40. The molecular formula is C31H34N4O4. The van der Waals surface area contributed by atoms with Crippen molar-refractivity contribution in [2.75, 3.05) is 31.2 Å². The van der Waals surface area contributed by atoms with E-state index in [1.807, 2.05) is 30.3 Å². The third kappa shape index (κ3) is 5.70. The fourth-order valence-corrected chi connectivity index (χ4v) is 6.02. The molecular weight excluding hydrogens is 492 g/mol. The summed E-state index contributed by atoms with van der Waals surface area (Å²) in [5.74, 6) is 1.20. The van der Waals surface area contributed by atoms with Gasteiger partial charge in [0.05, 0.1) is 30.4 Å². The van der Waals surface area contributed by atoms with E-state index in [4.69, 9.17) is 14.2 Å². The van der Waals surface area contributed by atoms with Crippen LogP contribution in [0, 0.1) is 17.2 Å². The van der Waals surface area contributed by atoms with Gasteiger partial charge in [0.1, 0.15) is 11.8 Å². The van der Waals surface area contributed by atoms with Crippen molar-refractivity contribution in [3.63, 3.8) is 0 Å². The first-order chi connectivity index (χ1) is 19.2. The van der Waals surface area contributed by atoms with Gasteiger partial charge in [-0.25, -0.2) is 0 Å². The van der Waals surface area contributed by atoms with Crippen LogP contribution in [0.1, 0.15) is 54.4 Å². The van der Waals surface area contributed by atoms with Crippen molar-refractivity contribution in [3.8, 4) is 11.8 Å². The van der Waals surface area contributed by atoms with Crippen LogP contribution in [0.4, 0.5) is 5.69 Å². The number of rotatable bonds is 6. The molecule has 8 nitrogen and oxygen atoms in total. The SMILES string of the molecule is N#Cc1ccc(OC2CCC(NC(=O)c3ccc(N4CCC(C5OCCO5)CC4)cc3)CC2)c2cccnc12. The number of amides is 1. The Bertz CT molecular complexity index is 1330. The number of piperidine rings is 1. The molecule has 3 aromatic rings. The van der Waals surface area contributed by atoms with E-state index in [0.717, 1.165) is 68.4 Å². The summed E-state index contributed by atoms with van der Waals surface area (Å²) in [7, 11) is 0. The second-order valence-corrected chi connectivity index (χ2v) is 10.7. The maximum atomic E-state index is 13.0. The predicted molar refractivity (Wildman–Crippen MR) is 148 cm³/mol. The molecule has 2 aliphatic heterocycles. The molecule has 202 valence electrons. The van der Waals surface area contributed by atoms with E-state index in [0.29, 0.717) is 35.8 Å². The zero-order valence-corrected chi connectivity index (χ0v) is 22.1. The topological polar surface area (TPSA) is 96.7 Å². The second-order valence-electron chi connectivity index (χ2n) is 10.7. The number of pyridine rings is 1. The highest BCUT2D eigenvalue weighted by atomic mass is 16.7. The molecule has 1 amide bonds. The zero-order valence-electron chi connectivity index (χ0n) is 22.1. The van der Waals surface area contributed by atoms with Gasteiger partial charge in [-0.2, -0.15) is 5.26 Å². The van der Waals surface area contributed by atoms with E-state index in [-0.39, 0.29) is 24.3 Å². The fourth-order valence-electron chi connectivity index (χ4n) is 6.02. The number of anilines is 1. The summed E-state index contributed by atoms with van der Waals surface area (Å²) in [6, 6.07) is 17.7. The normalized spacial score (nSPS) is 22.5. The molecule has 0 atom stereocenters. The zero-order chi connectivity index (χ0) is 26.6. The van der Waals surface area contributed by atoms with Gasteiger partial charge in [-0.3, -0.25) is 9.78 Å². The Hall–Kier alpha value is -3.67. The Morgan fingerprint density at radius 3 is 2.44 bits per heavy atom. The minimum atomic E-state index is -0.0343. The maximum absolute atomic E-state index is 13.0. The Morgan fingerprint density at radius 1 is 0.974 bits per heavy atom. The number of hydrogen-bond acceptors (Lipinski definition) is 7. The molecule has 2 aromatic carbocycles. The first-order valence-corrected chi connectivity index (χ1v) is 14.0. The molecule has 3 fully saturated rings. The number of carbonyl (C=O) groups excluding carboxylic acids is 1. The fraction of sp³-hybridized carbons (Fsp3) is 0.452. The standard InChI is InChI=1S/C31H34N4O4/c32-20-23-5-12-28(27-2-1-15-33-29(23)27)39-26-10-6-24(7-11-26)34-30(36)21-3-8-25(9-4-21)35-16-13-22(14-17-35)31-37-18-19-38-31/h1-5,8-9,12,15,22,24,26,31H,6-7,10-11,13-14,16-19H2,(H,34,36). The Labute approximate surface area is 228 Å². The van der Waals surface area contributed by atoms with Crippen LogP contribution in [0.25, 0.3) is 10.9 Å². The van der Waals surface area contributed by atoms with Crippen molar-refractivity contribution >= 4 is 22.5 Å². The Kier molecular flexibility index (Phi) is 7.62. The van der Waals surface area contributed by atoms with Crippen LogP contribution in [-0.2, 0) is 9.47 Å². The summed E-state index contributed by atoms with van der Waals surface area (Å²) in [6.45, 7) is 3.36. The number of nitrogens with zero attached hydrogens (tertiary/aromatic N) is 3. The van der Waals surface area contributed by atoms with E-state index < -0.39 is 0 Å². The van der Waals surface area contributed by atoms with Gasteiger partial charge >= 0.3 is 0 Å². The van der Waals surface area contributed by atoms with Gasteiger partial charge in [0, 0.05) is 47.9 Å². The molecule has 0 bridgehead atoms. The van der Waals surface area contributed by atoms with Crippen molar-refractivity contribution in [2.24, 2.45) is 5.92 Å². The summed E-state index contributed by atoms with van der Waals surface area (Å²) in [6.07, 6.45) is 7.29. The van der Waals surface area contributed by atoms with Gasteiger partial charge in [-0.15, -0.1) is 0 Å². The molecule has 0 unspecified atom stereocenters. The van der Waals surface area contributed by atoms with Crippen molar-refractivity contribution in [3.05, 3.63) is 65.9 Å². The minimum absolute atomic E-state index is 0.0238. The number of carbonyl (C=O) groups is 1. The Balaban J connectivity index is 0.984. The average molecular weight is 527 g/mol. The second kappa shape index (κ2) is 11.6. The largest absolute Gasteiger partial charge is 0.490 e. The molecule has 8 heteroatoms. The van der Waals surface area contributed by atoms with Gasteiger partial charge in [0.2, 0.25) is 0 Å². The summed E-state index contributed by atoms with van der Waals surface area (Å²) in [5.41, 5.74) is 3.06. The average Bonchev–Trinajstić information content (AvgIpc) is 3.54. The van der Waals surface area contributed by atoms with E-state index in [9.17, 15) is 10.1 Å². The van der Waals surface area contributed by atoms with Crippen LogP contribution in [-0.4, -0.2) is 55.6 Å². The highest BCUT2D eigenvalue weighted by Gasteiger charge is 2.30. The van der Waals surface area contributed by atoms with Gasteiger partial charge in [-0.05, 0) is 87.1 Å². The van der Waals surface area contributed by atoms with Crippen LogP contribution in [0.15, 0.2) is 54.7 Å². The van der Waals surface area contributed by atoms with Crippen molar-refractivity contribution in [1.82, 2.24) is 10.3 Å². The quantitative estimate of drug-likeness (QED) is 0.492. The van der Waals surface area contributed by atoms with Gasteiger partial charge < -0.3 is 24.4 Å². The summed E-state index contributed by atoms with van der Waals surface area (Å²) >= 11 is 0. The van der Waals surface area contributed by atoms with E-state index in [1.165, 1.54) is 0 Å². The summed E-state index contributed by atoms with van der Waals surface area (Å²) in [5, 5.41) is 13.4. The first kappa shape index (κ1) is 25.6. The lowest BCUT2D eigenvalue weighted by Gasteiger charge is -2.35. The molecule has 6 rings (SSSR count). The van der Waals surface area contributed by atoms with Crippen LogP contribution >= 0.6 is 0 Å². The monoisotopic (exact) mass is 526 g/mol. The highest BCUT2D eigenvalue weighted by molar-refractivity contribution is 5.94. The van der Waals surface area contributed by atoms with E-state index >= 15 is 0 Å². The number of hydrogen-bond donors (Lipinski definition) is 1. The smallest absolute Gasteiger partial charge is 0.251 e. The van der Waals surface area contributed by atoms with Gasteiger partial charge in [-0.1, -0.05) is 0 Å². The van der Waals surface area contributed by atoms with E-state index in [2.05, 4.69) is 33.4 Å². The number of nitriles is 1. The number of ether oxygens (including phenoxy) is 3. The first-order valence-electron chi connectivity index (χ1n) is 14.0. The third-order valence-electron chi connectivity index (χ3n) is 8.22. The molecule has 1 saturated carbocycles. The van der Waals surface area contributed by atoms with Gasteiger partial charge in [0.15, 0.2) is 6.29 Å². The number of nitrogens with one attached hydrogen (secondary N) is 1. The molecule has 1 N–H and O–H groups in total. The van der Waals surface area contributed by atoms with Crippen LogP contribution in [0.2, 0.25) is 0 Å². The minimum Gasteiger partial charge on any atom is -0.490 e. The molecule has 2 saturated heterocycles. The third-order valence-corrected chi connectivity index (χ3v) is 8.22. The molecule has 1 aliphatic carbocycles. The van der Waals surface area contributed by atoms with Gasteiger partial charge in [0.25, 0.3) is 5.91 Å². The molecule has 3 aliphatic rings. The summed E-state index contributed by atoms with van der Waals surface area (Å²) < 4.78 is 17.7. The maximum Gasteiger partial charge on any atom is 0.251 e. The molecule has 0 spiro atoms. The number of benzene rings is 2. The molecule has 1 aromatic heterocycles. The molecule has 3 heterocycles. The number of fused-ring (bicyclic) bond motifs is 1.